The fourth-order valence-electron chi connectivity index (χ4n) is 1.47. The molecule has 0 aromatic heterocycles. The summed E-state index contributed by atoms with van der Waals surface area (Å²) in [6, 6.07) is 7.04. The monoisotopic (exact) mass is 227 g/mol. The van der Waals surface area contributed by atoms with Crippen LogP contribution in [0.25, 0.3) is 0 Å². The van der Waals surface area contributed by atoms with Crippen molar-refractivity contribution in [2.75, 3.05) is 6.54 Å². The summed E-state index contributed by atoms with van der Waals surface area (Å²) in [4.78, 5) is 11.6. The van der Waals surface area contributed by atoms with Gasteiger partial charge in [0.2, 0.25) is 0 Å². The zero-order valence-electron chi connectivity index (χ0n) is 9.34. The fourth-order valence-corrected chi connectivity index (χ4v) is 1.47. The Morgan fingerprint density at radius 3 is 2.50 bits per heavy atom. The molecular formula is C12H15F2NO. The first-order valence-electron chi connectivity index (χ1n) is 5.17. The van der Waals surface area contributed by atoms with Crippen molar-refractivity contribution in [2.45, 2.75) is 26.2 Å². The van der Waals surface area contributed by atoms with Crippen LogP contribution in [0.2, 0.25) is 0 Å². The Labute approximate surface area is 93.7 Å². The molecule has 2 nitrogen and oxygen atoms in total. The van der Waals surface area contributed by atoms with Crippen LogP contribution in [0.15, 0.2) is 24.3 Å². The van der Waals surface area contributed by atoms with Gasteiger partial charge in [-0.2, -0.15) is 0 Å². The lowest BCUT2D eigenvalue weighted by atomic mass is 9.97. The van der Waals surface area contributed by atoms with Crippen molar-refractivity contribution in [3.63, 3.8) is 0 Å². The molecule has 0 heterocycles. The predicted octanol–water partition coefficient (Wildman–Crippen LogP) is 2.80. The predicted molar refractivity (Wildman–Crippen MR) is 58.9 cm³/mol. The molecule has 1 N–H and O–H groups in total. The van der Waals surface area contributed by atoms with Gasteiger partial charge in [0.15, 0.2) is 0 Å². The molecule has 0 aliphatic rings. The molecule has 1 rings (SSSR count). The van der Waals surface area contributed by atoms with E-state index in [2.05, 4.69) is 5.32 Å². The SMILES string of the molecule is CC(C)c1ccccc1C(=O)NCC(F)F. The number of alkyl halides is 2. The summed E-state index contributed by atoms with van der Waals surface area (Å²) in [5.74, 6) is -0.252. The first kappa shape index (κ1) is 12.6. The maximum Gasteiger partial charge on any atom is 0.255 e. The highest BCUT2D eigenvalue weighted by atomic mass is 19.3. The molecule has 4 heteroatoms. The number of rotatable bonds is 4. The standard InChI is InChI=1S/C12H15F2NO/c1-8(2)9-5-3-4-6-10(9)12(16)15-7-11(13)14/h3-6,8,11H,7H2,1-2H3,(H,15,16). The van der Waals surface area contributed by atoms with Gasteiger partial charge in [-0.15, -0.1) is 0 Å². The summed E-state index contributed by atoms with van der Waals surface area (Å²) >= 11 is 0. The molecule has 16 heavy (non-hydrogen) atoms. The smallest absolute Gasteiger partial charge is 0.255 e. The minimum atomic E-state index is -2.52. The lowest BCUT2D eigenvalue weighted by Crippen LogP contribution is -2.29. The van der Waals surface area contributed by atoms with Gasteiger partial charge in [-0.25, -0.2) is 8.78 Å². The zero-order chi connectivity index (χ0) is 12.1. The molecule has 0 saturated carbocycles. The number of amides is 1. The second-order valence-electron chi connectivity index (χ2n) is 3.84. The Kier molecular flexibility index (Phi) is 4.40. The minimum absolute atomic E-state index is 0.188. The van der Waals surface area contributed by atoms with Crippen LogP contribution >= 0.6 is 0 Å². The second kappa shape index (κ2) is 5.58. The molecular weight excluding hydrogens is 212 g/mol. The number of carbonyl (C=O) groups is 1. The molecule has 0 saturated heterocycles. The molecule has 0 aliphatic heterocycles. The molecule has 0 spiro atoms. The van der Waals surface area contributed by atoms with E-state index in [1.165, 1.54) is 0 Å². The summed E-state index contributed by atoms with van der Waals surface area (Å²) in [7, 11) is 0. The van der Waals surface area contributed by atoms with Crippen LogP contribution < -0.4 is 5.32 Å². The molecule has 0 atom stereocenters. The average Bonchev–Trinajstić information content (AvgIpc) is 2.25. The van der Waals surface area contributed by atoms with E-state index < -0.39 is 18.9 Å². The number of benzene rings is 1. The number of nitrogens with one attached hydrogen (secondary N) is 1. The first-order chi connectivity index (χ1) is 7.52. The van der Waals surface area contributed by atoms with E-state index >= 15 is 0 Å². The Morgan fingerprint density at radius 1 is 1.31 bits per heavy atom. The summed E-state index contributed by atoms with van der Waals surface area (Å²) in [6.07, 6.45) is -2.52. The zero-order valence-corrected chi connectivity index (χ0v) is 9.34. The quantitative estimate of drug-likeness (QED) is 0.842. The average molecular weight is 227 g/mol. The van der Waals surface area contributed by atoms with Gasteiger partial charge in [0.25, 0.3) is 12.3 Å². The minimum Gasteiger partial charge on any atom is -0.346 e. The Morgan fingerprint density at radius 2 is 1.94 bits per heavy atom. The first-order valence-corrected chi connectivity index (χ1v) is 5.17. The van der Waals surface area contributed by atoms with E-state index in [1.807, 2.05) is 26.0 Å². The maximum absolute atomic E-state index is 12.0. The van der Waals surface area contributed by atoms with Gasteiger partial charge >= 0.3 is 0 Å². The molecule has 0 fully saturated rings. The maximum atomic E-state index is 12.0. The van der Waals surface area contributed by atoms with Gasteiger partial charge in [-0.05, 0) is 17.5 Å². The number of hydrogen-bond donors (Lipinski definition) is 1. The molecule has 0 bridgehead atoms. The number of halogens is 2. The van der Waals surface area contributed by atoms with Crippen LogP contribution in [-0.4, -0.2) is 18.9 Å². The van der Waals surface area contributed by atoms with E-state index in [-0.39, 0.29) is 5.92 Å². The van der Waals surface area contributed by atoms with Crippen LogP contribution in [0.4, 0.5) is 8.78 Å². The van der Waals surface area contributed by atoms with Crippen molar-refractivity contribution < 1.29 is 13.6 Å². The molecule has 0 radical (unpaired) electrons. The molecule has 0 aliphatic carbocycles. The Hall–Kier alpha value is -1.45. The fraction of sp³-hybridized carbons (Fsp3) is 0.417. The van der Waals surface area contributed by atoms with Crippen LogP contribution in [0, 0.1) is 0 Å². The largest absolute Gasteiger partial charge is 0.346 e. The molecule has 0 unspecified atom stereocenters. The third kappa shape index (κ3) is 3.29. The lowest BCUT2D eigenvalue weighted by Gasteiger charge is -2.12. The molecule has 1 amide bonds. The molecule has 1 aromatic carbocycles. The van der Waals surface area contributed by atoms with Gasteiger partial charge < -0.3 is 5.32 Å². The van der Waals surface area contributed by atoms with Crippen LogP contribution in [0.1, 0.15) is 35.7 Å². The van der Waals surface area contributed by atoms with E-state index in [4.69, 9.17) is 0 Å². The van der Waals surface area contributed by atoms with Crippen molar-refractivity contribution in [3.8, 4) is 0 Å². The van der Waals surface area contributed by atoms with E-state index in [1.54, 1.807) is 12.1 Å². The third-order valence-electron chi connectivity index (χ3n) is 2.24. The van der Waals surface area contributed by atoms with Crippen molar-refractivity contribution in [2.24, 2.45) is 0 Å². The van der Waals surface area contributed by atoms with Crippen LogP contribution in [-0.2, 0) is 0 Å². The highest BCUT2D eigenvalue weighted by Gasteiger charge is 2.14. The lowest BCUT2D eigenvalue weighted by molar-refractivity contribution is 0.0890. The van der Waals surface area contributed by atoms with Crippen molar-refractivity contribution >= 4 is 5.91 Å². The number of hydrogen-bond acceptors (Lipinski definition) is 1. The van der Waals surface area contributed by atoms with E-state index in [0.717, 1.165) is 5.56 Å². The van der Waals surface area contributed by atoms with Crippen molar-refractivity contribution in [1.82, 2.24) is 5.32 Å². The van der Waals surface area contributed by atoms with E-state index in [9.17, 15) is 13.6 Å². The molecule has 1 aromatic rings. The van der Waals surface area contributed by atoms with E-state index in [0.29, 0.717) is 5.56 Å². The molecule has 88 valence electrons. The van der Waals surface area contributed by atoms with Crippen LogP contribution in [0.3, 0.4) is 0 Å². The van der Waals surface area contributed by atoms with Gasteiger partial charge in [0.05, 0.1) is 6.54 Å². The third-order valence-corrected chi connectivity index (χ3v) is 2.24. The van der Waals surface area contributed by atoms with Crippen molar-refractivity contribution in [3.05, 3.63) is 35.4 Å². The van der Waals surface area contributed by atoms with Gasteiger partial charge in [0.1, 0.15) is 0 Å². The summed E-state index contributed by atoms with van der Waals surface area (Å²) in [5, 5.41) is 2.20. The second-order valence-corrected chi connectivity index (χ2v) is 3.84. The highest BCUT2D eigenvalue weighted by Crippen LogP contribution is 2.18. The Bertz CT molecular complexity index is 364. The summed E-state index contributed by atoms with van der Waals surface area (Å²) < 4.78 is 23.9. The topological polar surface area (TPSA) is 29.1 Å². The Balaban J connectivity index is 2.82. The van der Waals surface area contributed by atoms with Gasteiger partial charge in [-0.1, -0.05) is 32.0 Å². The summed E-state index contributed by atoms with van der Waals surface area (Å²) in [5.41, 5.74) is 1.34. The highest BCUT2D eigenvalue weighted by molar-refractivity contribution is 5.95. The van der Waals surface area contributed by atoms with Gasteiger partial charge in [-0.3, -0.25) is 4.79 Å². The number of carbonyl (C=O) groups excluding carboxylic acids is 1. The normalized spacial score (nSPS) is 10.9. The van der Waals surface area contributed by atoms with Gasteiger partial charge in [0, 0.05) is 5.56 Å². The van der Waals surface area contributed by atoms with Crippen LogP contribution in [0.5, 0.6) is 0 Å². The van der Waals surface area contributed by atoms with Crippen molar-refractivity contribution in [1.29, 1.82) is 0 Å². The summed E-state index contributed by atoms with van der Waals surface area (Å²) in [6.45, 7) is 3.31.